The van der Waals surface area contributed by atoms with Crippen molar-refractivity contribution >= 4 is 12.1 Å². The van der Waals surface area contributed by atoms with E-state index in [4.69, 9.17) is 0 Å². The number of Topliss-reactive ketones (excluding diaryl/α,β-unsaturated/α-hetero) is 1. The molecule has 0 unspecified atom stereocenters. The minimum Gasteiger partial charge on any atom is -0.461 e. The lowest BCUT2D eigenvalue weighted by molar-refractivity contribution is 0.100. The predicted molar refractivity (Wildman–Crippen MR) is 45.4 cm³/mol. The Morgan fingerprint density at radius 2 is 2.17 bits per heavy atom. The molecule has 12 heavy (non-hydrogen) atoms. The standard InChI is InChI=1S/C7H6O3.C2H4/c1-5(9)6-2-3-10-7(6)4-8;1-2/h2-4H,1H3;1-2H2. The van der Waals surface area contributed by atoms with Gasteiger partial charge in [0.15, 0.2) is 17.8 Å². The topological polar surface area (TPSA) is 47.3 Å². The van der Waals surface area contributed by atoms with Crippen molar-refractivity contribution < 1.29 is 14.0 Å². The van der Waals surface area contributed by atoms with Gasteiger partial charge in [0, 0.05) is 0 Å². The number of rotatable bonds is 2. The second-order valence-corrected chi connectivity index (χ2v) is 1.87. The van der Waals surface area contributed by atoms with Crippen LogP contribution in [-0.2, 0) is 0 Å². The summed E-state index contributed by atoms with van der Waals surface area (Å²) >= 11 is 0. The van der Waals surface area contributed by atoms with Crippen LogP contribution in [0, 0.1) is 0 Å². The molecule has 64 valence electrons. The first kappa shape index (κ1) is 10.4. The Balaban J connectivity index is 0.000000561. The predicted octanol–water partition coefficient (Wildman–Crippen LogP) is 2.10. The first-order chi connectivity index (χ1) is 5.75. The summed E-state index contributed by atoms with van der Waals surface area (Å²) in [5.74, 6) is -0.0525. The molecule has 0 N–H and O–H groups in total. The molecular formula is C9H10O3. The van der Waals surface area contributed by atoms with Gasteiger partial charge in [-0.3, -0.25) is 9.59 Å². The van der Waals surface area contributed by atoms with Crippen molar-refractivity contribution in [2.24, 2.45) is 0 Å². The lowest BCUT2D eigenvalue weighted by Gasteiger charge is -1.85. The minimum atomic E-state index is -0.157. The summed E-state index contributed by atoms with van der Waals surface area (Å²) < 4.78 is 4.69. The monoisotopic (exact) mass is 166 g/mol. The summed E-state index contributed by atoms with van der Waals surface area (Å²) in [6.45, 7) is 7.39. The molecule has 1 rings (SSSR count). The van der Waals surface area contributed by atoms with Gasteiger partial charge >= 0.3 is 0 Å². The molecule has 1 aromatic rings. The van der Waals surface area contributed by atoms with E-state index >= 15 is 0 Å². The number of carbonyl (C=O) groups is 2. The Morgan fingerprint density at radius 3 is 2.50 bits per heavy atom. The molecule has 0 spiro atoms. The summed E-state index contributed by atoms with van der Waals surface area (Å²) in [6.07, 6.45) is 1.84. The Labute approximate surface area is 70.7 Å². The summed E-state index contributed by atoms with van der Waals surface area (Å²) in [6, 6.07) is 1.48. The molecule has 1 aromatic heterocycles. The highest BCUT2D eigenvalue weighted by Gasteiger charge is 2.07. The van der Waals surface area contributed by atoms with Crippen molar-refractivity contribution in [3.63, 3.8) is 0 Å². The summed E-state index contributed by atoms with van der Waals surface area (Å²) in [7, 11) is 0. The smallest absolute Gasteiger partial charge is 0.186 e. The molecule has 0 aromatic carbocycles. The van der Waals surface area contributed by atoms with Crippen LogP contribution in [0.4, 0.5) is 0 Å². The SMILES string of the molecule is C=C.CC(=O)c1ccoc1C=O. The molecule has 0 saturated heterocycles. The molecule has 1 heterocycles. The number of aldehydes is 1. The molecule has 0 atom stereocenters. The van der Waals surface area contributed by atoms with Gasteiger partial charge in [-0.05, 0) is 13.0 Å². The van der Waals surface area contributed by atoms with E-state index in [9.17, 15) is 9.59 Å². The third kappa shape index (κ3) is 2.20. The number of furan rings is 1. The van der Waals surface area contributed by atoms with Gasteiger partial charge in [-0.15, -0.1) is 13.2 Å². The fraction of sp³-hybridized carbons (Fsp3) is 0.111. The normalized spacial score (nSPS) is 8.08. The van der Waals surface area contributed by atoms with Crippen LogP contribution in [0.15, 0.2) is 29.9 Å². The molecule has 3 heteroatoms. The zero-order valence-electron chi connectivity index (χ0n) is 6.87. The highest BCUT2D eigenvalue weighted by atomic mass is 16.3. The van der Waals surface area contributed by atoms with E-state index in [1.54, 1.807) is 0 Å². The van der Waals surface area contributed by atoms with Crippen molar-refractivity contribution in [3.8, 4) is 0 Å². The average molecular weight is 166 g/mol. The van der Waals surface area contributed by atoms with Gasteiger partial charge in [-0.1, -0.05) is 0 Å². The van der Waals surface area contributed by atoms with Crippen molar-refractivity contribution in [1.29, 1.82) is 0 Å². The maximum atomic E-state index is 10.7. The third-order valence-electron chi connectivity index (χ3n) is 1.18. The van der Waals surface area contributed by atoms with E-state index in [0.29, 0.717) is 11.8 Å². The lowest BCUT2D eigenvalue weighted by Crippen LogP contribution is -1.92. The van der Waals surface area contributed by atoms with Crippen molar-refractivity contribution in [3.05, 3.63) is 36.8 Å². The molecule has 0 aliphatic heterocycles. The van der Waals surface area contributed by atoms with Gasteiger partial charge in [-0.2, -0.15) is 0 Å². The van der Waals surface area contributed by atoms with Crippen LogP contribution in [0.3, 0.4) is 0 Å². The van der Waals surface area contributed by atoms with Crippen molar-refractivity contribution in [2.45, 2.75) is 6.92 Å². The molecule has 3 nitrogen and oxygen atoms in total. The van der Waals surface area contributed by atoms with Crippen LogP contribution in [0.5, 0.6) is 0 Å². The van der Waals surface area contributed by atoms with E-state index in [-0.39, 0.29) is 11.5 Å². The van der Waals surface area contributed by atoms with Crippen LogP contribution in [-0.4, -0.2) is 12.1 Å². The highest BCUT2D eigenvalue weighted by molar-refractivity contribution is 5.99. The lowest BCUT2D eigenvalue weighted by atomic mass is 10.2. The van der Waals surface area contributed by atoms with Crippen LogP contribution in [0.25, 0.3) is 0 Å². The van der Waals surface area contributed by atoms with E-state index in [2.05, 4.69) is 17.6 Å². The number of hydrogen-bond donors (Lipinski definition) is 0. The van der Waals surface area contributed by atoms with E-state index in [0.717, 1.165) is 0 Å². The van der Waals surface area contributed by atoms with Crippen LogP contribution in [0.1, 0.15) is 27.8 Å². The Morgan fingerprint density at radius 1 is 1.58 bits per heavy atom. The van der Waals surface area contributed by atoms with Gasteiger partial charge in [0.25, 0.3) is 0 Å². The number of hydrogen-bond acceptors (Lipinski definition) is 3. The summed E-state index contributed by atoms with van der Waals surface area (Å²) in [5.41, 5.74) is 0.343. The molecule has 0 amide bonds. The van der Waals surface area contributed by atoms with E-state index in [1.165, 1.54) is 19.3 Å². The molecule has 0 fully saturated rings. The molecule has 0 aliphatic carbocycles. The zero-order valence-corrected chi connectivity index (χ0v) is 6.87. The molecular weight excluding hydrogens is 156 g/mol. The first-order valence-electron chi connectivity index (χ1n) is 3.29. The summed E-state index contributed by atoms with van der Waals surface area (Å²) in [5, 5.41) is 0. The number of ketones is 1. The maximum absolute atomic E-state index is 10.7. The molecule has 0 radical (unpaired) electrons. The maximum Gasteiger partial charge on any atom is 0.186 e. The second-order valence-electron chi connectivity index (χ2n) is 1.87. The van der Waals surface area contributed by atoms with E-state index < -0.39 is 0 Å². The summed E-state index contributed by atoms with van der Waals surface area (Å²) in [4.78, 5) is 20.8. The molecule has 0 bridgehead atoms. The fourth-order valence-corrected chi connectivity index (χ4v) is 0.703. The highest BCUT2D eigenvalue weighted by Crippen LogP contribution is 2.07. The van der Waals surface area contributed by atoms with Crippen LogP contribution >= 0.6 is 0 Å². The van der Waals surface area contributed by atoms with Gasteiger partial charge in [0.2, 0.25) is 0 Å². The second kappa shape index (κ2) is 5.07. The third-order valence-corrected chi connectivity index (χ3v) is 1.18. The zero-order chi connectivity index (χ0) is 9.56. The Kier molecular flexibility index (Phi) is 4.38. The van der Waals surface area contributed by atoms with Crippen molar-refractivity contribution in [2.75, 3.05) is 0 Å². The molecule has 0 saturated carbocycles. The van der Waals surface area contributed by atoms with Gasteiger partial charge in [-0.25, -0.2) is 0 Å². The Bertz CT molecular complexity index is 273. The Hall–Kier alpha value is -1.64. The average Bonchev–Trinajstić information content (AvgIpc) is 2.55. The fourth-order valence-electron chi connectivity index (χ4n) is 0.703. The van der Waals surface area contributed by atoms with Gasteiger partial charge in [0.1, 0.15) is 0 Å². The van der Waals surface area contributed by atoms with Crippen LogP contribution < -0.4 is 0 Å². The van der Waals surface area contributed by atoms with Crippen LogP contribution in [0.2, 0.25) is 0 Å². The van der Waals surface area contributed by atoms with Gasteiger partial charge in [0.05, 0.1) is 11.8 Å². The molecule has 0 aliphatic rings. The van der Waals surface area contributed by atoms with Crippen molar-refractivity contribution in [1.82, 2.24) is 0 Å². The van der Waals surface area contributed by atoms with E-state index in [1.807, 2.05) is 0 Å². The quantitative estimate of drug-likeness (QED) is 0.384. The van der Waals surface area contributed by atoms with Gasteiger partial charge < -0.3 is 4.42 Å². The largest absolute Gasteiger partial charge is 0.461 e. The number of carbonyl (C=O) groups excluding carboxylic acids is 2. The minimum absolute atomic E-state index is 0.104. The first-order valence-corrected chi connectivity index (χ1v) is 3.29.